The van der Waals surface area contributed by atoms with Crippen molar-refractivity contribution < 1.29 is 9.59 Å². The summed E-state index contributed by atoms with van der Waals surface area (Å²) in [4.78, 5) is 25.3. The molecule has 166 valence electrons. The van der Waals surface area contributed by atoms with Crippen molar-refractivity contribution in [3.63, 3.8) is 0 Å². The second-order valence-electron chi connectivity index (χ2n) is 8.38. The van der Waals surface area contributed by atoms with Crippen LogP contribution in [0.1, 0.15) is 63.2 Å². The molecule has 0 spiro atoms. The van der Waals surface area contributed by atoms with Crippen LogP contribution in [0.5, 0.6) is 0 Å². The van der Waals surface area contributed by atoms with E-state index in [1.54, 1.807) is 35.9 Å². The first-order valence-corrected chi connectivity index (χ1v) is 11.3. The molecule has 1 aliphatic carbocycles. The maximum absolute atomic E-state index is 12.9. The Labute approximate surface area is 193 Å². The van der Waals surface area contributed by atoms with Crippen LogP contribution in [-0.4, -0.2) is 27.6 Å². The zero-order chi connectivity index (χ0) is 22.7. The van der Waals surface area contributed by atoms with Crippen LogP contribution in [0.15, 0.2) is 48.5 Å². The Bertz CT molecular complexity index is 1110. The number of amides is 2. The molecule has 7 heteroatoms. The van der Waals surface area contributed by atoms with Crippen molar-refractivity contribution in [3.8, 4) is 0 Å². The average molecular weight is 451 g/mol. The van der Waals surface area contributed by atoms with Gasteiger partial charge in [0.25, 0.3) is 11.8 Å². The lowest BCUT2D eigenvalue weighted by molar-refractivity contribution is 0.0937. The fourth-order valence-electron chi connectivity index (χ4n) is 4.02. The lowest BCUT2D eigenvalue weighted by atomic mass is 10.1. The molecule has 1 aromatic heterocycles. The Kier molecular flexibility index (Phi) is 6.61. The van der Waals surface area contributed by atoms with Crippen molar-refractivity contribution in [2.45, 2.75) is 52.1 Å². The van der Waals surface area contributed by atoms with Gasteiger partial charge in [-0.3, -0.25) is 9.59 Å². The van der Waals surface area contributed by atoms with E-state index in [9.17, 15) is 9.59 Å². The molecule has 4 rings (SSSR count). The number of aromatic nitrogens is 2. The van der Waals surface area contributed by atoms with Gasteiger partial charge in [-0.25, -0.2) is 4.68 Å². The molecule has 2 N–H and O–H groups in total. The molecule has 0 radical (unpaired) electrons. The number of nitrogens with zero attached hydrogens (tertiary/aromatic N) is 2. The Hall–Kier alpha value is -3.12. The molecule has 1 fully saturated rings. The molecule has 2 aromatic carbocycles. The monoisotopic (exact) mass is 450 g/mol. The van der Waals surface area contributed by atoms with E-state index in [0.717, 1.165) is 18.4 Å². The third-order valence-electron chi connectivity index (χ3n) is 5.84. The van der Waals surface area contributed by atoms with Crippen molar-refractivity contribution in [2.75, 3.05) is 5.32 Å². The summed E-state index contributed by atoms with van der Waals surface area (Å²) in [5, 5.41) is 10.7. The van der Waals surface area contributed by atoms with E-state index in [4.69, 9.17) is 11.6 Å². The zero-order valence-electron chi connectivity index (χ0n) is 18.3. The molecule has 6 nitrogen and oxygen atoms in total. The van der Waals surface area contributed by atoms with Gasteiger partial charge in [0.1, 0.15) is 5.15 Å². The van der Waals surface area contributed by atoms with Gasteiger partial charge in [-0.15, -0.1) is 0 Å². The van der Waals surface area contributed by atoms with Gasteiger partial charge < -0.3 is 10.6 Å². The highest BCUT2D eigenvalue weighted by Gasteiger charge is 2.21. The van der Waals surface area contributed by atoms with E-state index in [2.05, 4.69) is 15.7 Å². The summed E-state index contributed by atoms with van der Waals surface area (Å²) in [5.41, 5.74) is 4.32. The number of benzene rings is 2. The van der Waals surface area contributed by atoms with Gasteiger partial charge in [0.15, 0.2) is 0 Å². The smallest absolute Gasteiger partial charge is 0.260 e. The largest absolute Gasteiger partial charge is 0.349 e. The van der Waals surface area contributed by atoms with E-state index in [1.165, 1.54) is 18.4 Å². The predicted octanol–water partition coefficient (Wildman–Crippen LogP) is 5.13. The van der Waals surface area contributed by atoms with E-state index in [-0.39, 0.29) is 17.9 Å². The van der Waals surface area contributed by atoms with E-state index in [0.29, 0.717) is 34.2 Å². The molecule has 0 saturated heterocycles. The molecule has 0 aliphatic heterocycles. The van der Waals surface area contributed by atoms with Gasteiger partial charge in [-0.2, -0.15) is 5.10 Å². The molecule has 2 amide bonds. The van der Waals surface area contributed by atoms with E-state index < -0.39 is 0 Å². The number of aryl methyl sites for hydroxylation is 2. The number of hydrogen-bond donors (Lipinski definition) is 2. The molecule has 0 bridgehead atoms. The molecule has 32 heavy (non-hydrogen) atoms. The second kappa shape index (κ2) is 9.57. The first-order chi connectivity index (χ1) is 15.4. The summed E-state index contributed by atoms with van der Waals surface area (Å²) in [5.74, 6) is -0.406. The third-order valence-corrected chi connectivity index (χ3v) is 6.22. The lowest BCUT2D eigenvalue weighted by Gasteiger charge is -2.12. The fourth-order valence-corrected chi connectivity index (χ4v) is 4.34. The van der Waals surface area contributed by atoms with Crippen molar-refractivity contribution >= 4 is 29.1 Å². The first kappa shape index (κ1) is 22.1. The van der Waals surface area contributed by atoms with Gasteiger partial charge in [0, 0.05) is 17.3 Å². The van der Waals surface area contributed by atoms with E-state index >= 15 is 0 Å². The molecule has 1 aliphatic rings. The fraction of sp³-hybridized carbons (Fsp3) is 0.320. The molecule has 1 heterocycles. The molecule has 0 unspecified atom stereocenters. The third kappa shape index (κ3) is 5.02. The molecule has 1 saturated carbocycles. The van der Waals surface area contributed by atoms with Crippen LogP contribution in [0.3, 0.4) is 0 Å². The van der Waals surface area contributed by atoms with Gasteiger partial charge >= 0.3 is 0 Å². The van der Waals surface area contributed by atoms with Crippen LogP contribution in [0.2, 0.25) is 5.15 Å². The van der Waals surface area contributed by atoms with Crippen LogP contribution >= 0.6 is 11.6 Å². The van der Waals surface area contributed by atoms with Crippen LogP contribution < -0.4 is 10.6 Å². The highest BCUT2D eigenvalue weighted by molar-refractivity contribution is 6.33. The Morgan fingerprint density at radius 1 is 1.00 bits per heavy atom. The summed E-state index contributed by atoms with van der Waals surface area (Å²) >= 11 is 6.51. The summed E-state index contributed by atoms with van der Waals surface area (Å²) in [7, 11) is 0. The van der Waals surface area contributed by atoms with Crippen molar-refractivity contribution in [2.24, 2.45) is 0 Å². The Morgan fingerprint density at radius 2 is 1.66 bits per heavy atom. The number of anilines is 1. The summed E-state index contributed by atoms with van der Waals surface area (Å²) in [6.45, 7) is 4.28. The minimum absolute atomic E-state index is 0.0777. The highest BCUT2D eigenvalue weighted by atomic mass is 35.5. The quantitative estimate of drug-likeness (QED) is 0.546. The number of carbonyl (C=O) groups excluding carboxylic acids is 2. The molecular weight excluding hydrogens is 424 g/mol. The van der Waals surface area contributed by atoms with Crippen LogP contribution in [0, 0.1) is 13.8 Å². The van der Waals surface area contributed by atoms with Gasteiger partial charge in [-0.1, -0.05) is 54.3 Å². The SMILES string of the molecule is Cc1ccc(Cn2nc(C)c(C(=O)Nc3ccc(C(=O)NC4CCCC4)cc3)c2Cl)cc1. The topological polar surface area (TPSA) is 76.0 Å². The number of halogens is 1. The maximum atomic E-state index is 12.9. The number of hydrogen-bond acceptors (Lipinski definition) is 3. The Balaban J connectivity index is 1.42. The van der Waals surface area contributed by atoms with Gasteiger partial charge in [0.2, 0.25) is 0 Å². The zero-order valence-corrected chi connectivity index (χ0v) is 19.1. The van der Waals surface area contributed by atoms with Gasteiger partial charge in [0.05, 0.1) is 17.8 Å². The summed E-state index contributed by atoms with van der Waals surface area (Å²) < 4.78 is 1.63. The highest BCUT2D eigenvalue weighted by Crippen LogP contribution is 2.23. The first-order valence-electron chi connectivity index (χ1n) is 10.9. The van der Waals surface area contributed by atoms with Crippen LogP contribution in [0.25, 0.3) is 0 Å². The van der Waals surface area contributed by atoms with Crippen molar-refractivity contribution in [1.82, 2.24) is 15.1 Å². The second-order valence-corrected chi connectivity index (χ2v) is 8.74. The van der Waals surface area contributed by atoms with Crippen LogP contribution in [0.4, 0.5) is 5.69 Å². The van der Waals surface area contributed by atoms with Crippen molar-refractivity contribution in [3.05, 3.63) is 81.6 Å². The average Bonchev–Trinajstić information content (AvgIpc) is 3.37. The number of nitrogens with one attached hydrogen (secondary N) is 2. The molecule has 3 aromatic rings. The summed E-state index contributed by atoms with van der Waals surface area (Å²) in [6.07, 6.45) is 4.41. The normalized spacial score (nSPS) is 13.8. The minimum atomic E-state index is -0.328. The minimum Gasteiger partial charge on any atom is -0.349 e. The lowest BCUT2D eigenvalue weighted by Crippen LogP contribution is -2.32. The standard InChI is InChI=1S/C25H27ClN4O2/c1-16-7-9-18(10-8-16)15-30-23(26)22(17(2)29-30)25(32)28-21-13-11-19(12-14-21)24(31)27-20-5-3-4-6-20/h7-14,20H,3-6,15H2,1-2H3,(H,27,31)(H,28,32). The Morgan fingerprint density at radius 3 is 2.31 bits per heavy atom. The molecular formula is C25H27ClN4O2. The van der Waals surface area contributed by atoms with Crippen LogP contribution in [-0.2, 0) is 6.54 Å². The predicted molar refractivity (Wildman–Crippen MR) is 126 cm³/mol. The van der Waals surface area contributed by atoms with Gasteiger partial charge in [-0.05, 0) is 56.5 Å². The number of carbonyl (C=O) groups is 2. The summed E-state index contributed by atoms with van der Waals surface area (Å²) in [6, 6.07) is 15.3. The maximum Gasteiger partial charge on any atom is 0.260 e. The van der Waals surface area contributed by atoms with E-state index in [1.807, 2.05) is 31.2 Å². The van der Waals surface area contributed by atoms with Crippen molar-refractivity contribution in [1.29, 1.82) is 0 Å². The number of rotatable bonds is 6. The molecule has 0 atom stereocenters.